The number of hydrogen-bond donors (Lipinski definition) is 2. The van der Waals surface area contributed by atoms with E-state index in [0.717, 1.165) is 6.42 Å². The van der Waals surface area contributed by atoms with Crippen LogP contribution in [0.5, 0.6) is 0 Å². The van der Waals surface area contributed by atoms with Gasteiger partial charge in [-0.15, -0.1) is 0 Å². The quantitative estimate of drug-likeness (QED) is 0.650. The summed E-state index contributed by atoms with van der Waals surface area (Å²) in [7, 11) is 0. The zero-order valence-corrected chi connectivity index (χ0v) is 10.6. The van der Waals surface area contributed by atoms with E-state index in [4.69, 9.17) is 15.6 Å². The van der Waals surface area contributed by atoms with Gasteiger partial charge in [-0.3, -0.25) is 9.59 Å². The fraction of sp³-hybridized carbons (Fsp3) is 0.667. The topological polar surface area (TPSA) is 89.6 Å². The molecule has 0 radical (unpaired) electrons. The van der Waals surface area contributed by atoms with Gasteiger partial charge in [0.1, 0.15) is 12.6 Å². The van der Waals surface area contributed by atoms with Gasteiger partial charge in [-0.05, 0) is 17.9 Å². The Kier molecular flexibility index (Phi) is 6.68. The third-order valence-electron chi connectivity index (χ3n) is 1.89. The molecular weight excluding hydrogens is 222 g/mol. The maximum Gasteiger partial charge on any atom is 0.322 e. The zero-order valence-electron chi connectivity index (χ0n) is 10.6. The Morgan fingerprint density at radius 3 is 2.47 bits per heavy atom. The van der Waals surface area contributed by atoms with Crippen LogP contribution in [0.15, 0.2) is 12.2 Å². The molecule has 0 amide bonds. The summed E-state index contributed by atoms with van der Waals surface area (Å²) in [5.74, 6) is -1.33. The van der Waals surface area contributed by atoms with Crippen LogP contribution in [0.2, 0.25) is 0 Å². The second-order valence-corrected chi connectivity index (χ2v) is 5.09. The summed E-state index contributed by atoms with van der Waals surface area (Å²) < 4.78 is 4.89. The first-order chi connectivity index (χ1) is 7.72. The molecule has 0 rings (SSSR count). The zero-order chi connectivity index (χ0) is 13.5. The van der Waals surface area contributed by atoms with E-state index < -0.39 is 12.0 Å². The van der Waals surface area contributed by atoms with Crippen LogP contribution in [0.25, 0.3) is 0 Å². The summed E-state index contributed by atoms with van der Waals surface area (Å²) in [5.41, 5.74) is 5.35. The molecule has 0 unspecified atom stereocenters. The summed E-state index contributed by atoms with van der Waals surface area (Å²) in [6.45, 7) is 5.92. The SMILES string of the molecule is CC(C)(C)C/C=C/C(=O)COC[C@H](N)C(=O)O. The van der Waals surface area contributed by atoms with Crippen LogP contribution in [0.3, 0.4) is 0 Å². The third-order valence-corrected chi connectivity index (χ3v) is 1.89. The Morgan fingerprint density at radius 2 is 2.00 bits per heavy atom. The van der Waals surface area contributed by atoms with E-state index in [0.29, 0.717) is 0 Å². The maximum atomic E-state index is 11.3. The van der Waals surface area contributed by atoms with Crippen molar-refractivity contribution in [2.75, 3.05) is 13.2 Å². The predicted molar refractivity (Wildman–Crippen MR) is 64.6 cm³/mol. The minimum atomic E-state index is -1.14. The van der Waals surface area contributed by atoms with Gasteiger partial charge in [0.15, 0.2) is 5.78 Å². The van der Waals surface area contributed by atoms with Crippen LogP contribution < -0.4 is 5.73 Å². The molecule has 0 saturated heterocycles. The molecule has 0 aromatic carbocycles. The number of ether oxygens (including phenoxy) is 1. The highest BCUT2D eigenvalue weighted by molar-refractivity contribution is 5.90. The van der Waals surface area contributed by atoms with Crippen molar-refractivity contribution in [1.29, 1.82) is 0 Å². The summed E-state index contributed by atoms with van der Waals surface area (Å²) in [6, 6.07) is -1.08. The second-order valence-electron chi connectivity index (χ2n) is 5.09. The lowest BCUT2D eigenvalue weighted by molar-refractivity contribution is -0.140. The lowest BCUT2D eigenvalue weighted by Crippen LogP contribution is -2.35. The van der Waals surface area contributed by atoms with Gasteiger partial charge >= 0.3 is 5.97 Å². The van der Waals surface area contributed by atoms with Gasteiger partial charge in [0.05, 0.1) is 6.61 Å². The molecule has 5 nitrogen and oxygen atoms in total. The number of allylic oxidation sites excluding steroid dienone is 1. The monoisotopic (exact) mass is 243 g/mol. The first-order valence-corrected chi connectivity index (χ1v) is 5.48. The highest BCUT2D eigenvalue weighted by Gasteiger charge is 2.11. The molecule has 0 fully saturated rings. The second kappa shape index (κ2) is 7.19. The molecule has 0 saturated carbocycles. The number of nitrogens with two attached hydrogens (primary N) is 1. The molecule has 5 heteroatoms. The molecule has 0 aliphatic rings. The molecule has 0 heterocycles. The standard InChI is InChI=1S/C12H21NO4/c1-12(2,3)6-4-5-9(14)7-17-8-10(13)11(15)16/h4-5,10H,6-8,13H2,1-3H3,(H,15,16)/b5-4+/t10-/m0/s1. The normalized spacial score (nSPS) is 13.9. The van der Waals surface area contributed by atoms with Crippen molar-refractivity contribution in [3.8, 4) is 0 Å². The fourth-order valence-electron chi connectivity index (χ4n) is 0.950. The molecule has 0 spiro atoms. The third kappa shape index (κ3) is 9.71. The molecule has 98 valence electrons. The molecule has 1 atom stereocenters. The molecule has 0 bridgehead atoms. The van der Waals surface area contributed by atoms with Crippen LogP contribution in [0, 0.1) is 5.41 Å². The highest BCUT2D eigenvalue weighted by Crippen LogP contribution is 2.18. The first kappa shape index (κ1) is 15.8. The van der Waals surface area contributed by atoms with Crippen molar-refractivity contribution in [1.82, 2.24) is 0 Å². The van der Waals surface area contributed by atoms with E-state index in [1.54, 1.807) is 6.08 Å². The molecule has 0 aromatic heterocycles. The van der Waals surface area contributed by atoms with Gasteiger partial charge in [0.2, 0.25) is 0 Å². The summed E-state index contributed by atoms with van der Waals surface area (Å²) >= 11 is 0. The lowest BCUT2D eigenvalue weighted by Gasteiger charge is -2.14. The largest absolute Gasteiger partial charge is 0.480 e. The number of ketones is 1. The summed E-state index contributed by atoms with van der Waals surface area (Å²) in [6.07, 6.45) is 4.05. The van der Waals surface area contributed by atoms with E-state index in [1.165, 1.54) is 6.08 Å². The Labute approximate surface area is 102 Å². The van der Waals surface area contributed by atoms with Gasteiger partial charge in [-0.1, -0.05) is 26.8 Å². The number of carboxylic acids is 1. The molecular formula is C12H21NO4. The highest BCUT2D eigenvalue weighted by atomic mass is 16.5. The van der Waals surface area contributed by atoms with Crippen molar-refractivity contribution >= 4 is 11.8 Å². The van der Waals surface area contributed by atoms with Gasteiger partial charge in [-0.25, -0.2) is 0 Å². The number of carbonyl (C=O) groups excluding carboxylic acids is 1. The molecule has 0 aromatic rings. The van der Waals surface area contributed by atoms with Crippen molar-refractivity contribution in [3.05, 3.63) is 12.2 Å². The van der Waals surface area contributed by atoms with Crippen LogP contribution in [-0.2, 0) is 14.3 Å². The average molecular weight is 243 g/mol. The Balaban J connectivity index is 3.77. The summed E-state index contributed by atoms with van der Waals surface area (Å²) in [4.78, 5) is 21.6. The van der Waals surface area contributed by atoms with E-state index >= 15 is 0 Å². The molecule has 0 aliphatic heterocycles. The molecule has 0 aliphatic carbocycles. The van der Waals surface area contributed by atoms with Crippen LogP contribution in [0.4, 0.5) is 0 Å². The Bertz CT molecular complexity index is 291. The lowest BCUT2D eigenvalue weighted by atomic mass is 9.92. The first-order valence-electron chi connectivity index (χ1n) is 5.48. The number of aliphatic carboxylic acids is 1. The van der Waals surface area contributed by atoms with Gasteiger partial charge in [0, 0.05) is 0 Å². The molecule has 17 heavy (non-hydrogen) atoms. The van der Waals surface area contributed by atoms with Crippen molar-refractivity contribution < 1.29 is 19.4 Å². The Morgan fingerprint density at radius 1 is 1.41 bits per heavy atom. The number of carboxylic acid groups (broad SMARTS) is 1. The van der Waals surface area contributed by atoms with E-state index in [9.17, 15) is 9.59 Å². The van der Waals surface area contributed by atoms with E-state index in [2.05, 4.69) is 20.8 Å². The number of rotatable bonds is 7. The fourth-order valence-corrected chi connectivity index (χ4v) is 0.950. The van der Waals surface area contributed by atoms with E-state index in [1.807, 2.05) is 0 Å². The van der Waals surface area contributed by atoms with Gasteiger partial charge < -0.3 is 15.6 Å². The average Bonchev–Trinajstić information content (AvgIpc) is 2.15. The van der Waals surface area contributed by atoms with Crippen molar-refractivity contribution in [2.45, 2.75) is 33.2 Å². The minimum absolute atomic E-state index is 0.137. The summed E-state index contributed by atoms with van der Waals surface area (Å²) in [5, 5.41) is 8.47. The number of carbonyl (C=O) groups is 2. The minimum Gasteiger partial charge on any atom is -0.480 e. The van der Waals surface area contributed by atoms with E-state index in [-0.39, 0.29) is 24.4 Å². The predicted octanol–water partition coefficient (Wildman–Crippen LogP) is 0.976. The number of hydrogen-bond acceptors (Lipinski definition) is 4. The van der Waals surface area contributed by atoms with Crippen LogP contribution in [0.1, 0.15) is 27.2 Å². The van der Waals surface area contributed by atoms with Crippen LogP contribution in [-0.4, -0.2) is 36.1 Å². The van der Waals surface area contributed by atoms with Crippen molar-refractivity contribution in [3.63, 3.8) is 0 Å². The van der Waals surface area contributed by atoms with Crippen LogP contribution >= 0.6 is 0 Å². The smallest absolute Gasteiger partial charge is 0.322 e. The Hall–Kier alpha value is -1.20. The van der Waals surface area contributed by atoms with Gasteiger partial charge in [0.25, 0.3) is 0 Å². The van der Waals surface area contributed by atoms with Crippen molar-refractivity contribution in [2.24, 2.45) is 11.1 Å². The van der Waals surface area contributed by atoms with Gasteiger partial charge in [-0.2, -0.15) is 0 Å². The molecule has 3 N–H and O–H groups in total. The maximum absolute atomic E-state index is 11.3.